The van der Waals surface area contributed by atoms with Crippen LogP contribution in [0.1, 0.15) is 35.5 Å². The van der Waals surface area contributed by atoms with Crippen molar-refractivity contribution in [2.75, 3.05) is 11.1 Å². The molecule has 0 aliphatic heterocycles. The van der Waals surface area contributed by atoms with Crippen LogP contribution in [0.15, 0.2) is 59.4 Å². The minimum atomic E-state index is -0.0838. The SMILES string of the molecule is O=C(CCSCc1nc2sc3c(c2c(=O)[nH]1)CCCC3)Nc1ccccc1Oc1ccccc1. The number of nitrogens with zero attached hydrogens (tertiary/aromatic N) is 1. The standard InChI is InChI=1S/C26H25N3O3S2/c30-23(27-19-11-5-6-12-20(19)32-17-8-2-1-3-9-17)14-15-33-16-22-28-25(31)24-18-10-4-7-13-21(18)34-26(24)29-22/h1-3,5-6,8-9,11-12H,4,7,10,13-16H2,(H,27,30)(H,28,29,31). The highest BCUT2D eigenvalue weighted by molar-refractivity contribution is 7.98. The summed E-state index contributed by atoms with van der Waals surface area (Å²) in [7, 11) is 0. The number of H-pyrrole nitrogens is 1. The molecule has 2 N–H and O–H groups in total. The molecule has 174 valence electrons. The van der Waals surface area contributed by atoms with Gasteiger partial charge in [0.15, 0.2) is 5.75 Å². The van der Waals surface area contributed by atoms with Gasteiger partial charge in [-0.2, -0.15) is 11.8 Å². The topological polar surface area (TPSA) is 84.1 Å². The Balaban J connectivity index is 1.15. The minimum absolute atomic E-state index is 0.0345. The molecule has 0 fully saturated rings. The number of aromatic amines is 1. The van der Waals surface area contributed by atoms with Crippen LogP contribution in [0.25, 0.3) is 10.2 Å². The molecular formula is C26H25N3O3S2. The Labute approximate surface area is 205 Å². The Kier molecular flexibility index (Phi) is 6.97. The first-order chi connectivity index (χ1) is 16.7. The number of amides is 1. The van der Waals surface area contributed by atoms with Gasteiger partial charge >= 0.3 is 0 Å². The summed E-state index contributed by atoms with van der Waals surface area (Å²) in [6.07, 6.45) is 4.70. The van der Waals surface area contributed by atoms with Crippen molar-refractivity contribution in [1.82, 2.24) is 9.97 Å². The molecule has 0 saturated heterocycles. The maximum Gasteiger partial charge on any atom is 0.259 e. The van der Waals surface area contributed by atoms with Gasteiger partial charge in [-0.25, -0.2) is 4.98 Å². The van der Waals surface area contributed by atoms with Crippen molar-refractivity contribution >= 4 is 44.9 Å². The fraction of sp³-hybridized carbons (Fsp3) is 0.269. The summed E-state index contributed by atoms with van der Waals surface area (Å²) in [6, 6.07) is 16.9. The summed E-state index contributed by atoms with van der Waals surface area (Å²) in [6.45, 7) is 0. The van der Waals surface area contributed by atoms with Crippen LogP contribution < -0.4 is 15.6 Å². The Morgan fingerprint density at radius 1 is 1.09 bits per heavy atom. The van der Waals surface area contributed by atoms with Crippen molar-refractivity contribution in [2.45, 2.75) is 37.9 Å². The molecule has 4 aromatic rings. The molecule has 0 bridgehead atoms. The summed E-state index contributed by atoms with van der Waals surface area (Å²) in [5.74, 6) is 3.08. The quantitative estimate of drug-likeness (QED) is 0.299. The highest BCUT2D eigenvalue weighted by atomic mass is 32.2. The zero-order chi connectivity index (χ0) is 23.3. The number of thioether (sulfide) groups is 1. The van der Waals surface area contributed by atoms with E-state index in [0.717, 1.165) is 29.5 Å². The number of aryl methyl sites for hydroxylation is 2. The second kappa shape index (κ2) is 10.4. The number of benzene rings is 2. The second-order valence-electron chi connectivity index (χ2n) is 8.17. The number of ether oxygens (including phenoxy) is 1. The normalized spacial score (nSPS) is 12.9. The predicted molar refractivity (Wildman–Crippen MR) is 139 cm³/mol. The van der Waals surface area contributed by atoms with Crippen molar-refractivity contribution in [2.24, 2.45) is 0 Å². The lowest BCUT2D eigenvalue weighted by Gasteiger charge is -2.12. The van der Waals surface area contributed by atoms with Gasteiger partial charge in [-0.05, 0) is 55.5 Å². The zero-order valence-corrected chi connectivity index (χ0v) is 20.3. The molecular weight excluding hydrogens is 466 g/mol. The minimum Gasteiger partial charge on any atom is -0.455 e. The monoisotopic (exact) mass is 491 g/mol. The average molecular weight is 492 g/mol. The number of anilines is 1. The number of carbonyl (C=O) groups excluding carboxylic acids is 1. The van der Waals surface area contributed by atoms with Crippen molar-refractivity contribution in [3.05, 3.63) is 81.2 Å². The van der Waals surface area contributed by atoms with Crippen LogP contribution in [-0.2, 0) is 23.4 Å². The largest absolute Gasteiger partial charge is 0.455 e. The lowest BCUT2D eigenvalue weighted by atomic mass is 9.97. The van der Waals surface area contributed by atoms with E-state index in [0.29, 0.717) is 40.9 Å². The summed E-state index contributed by atoms with van der Waals surface area (Å²) in [5, 5.41) is 3.72. The molecule has 1 aliphatic carbocycles. The first kappa shape index (κ1) is 22.7. The van der Waals surface area contributed by atoms with Crippen LogP contribution in [0, 0.1) is 0 Å². The molecule has 0 unspecified atom stereocenters. The van der Waals surface area contributed by atoms with E-state index in [-0.39, 0.29) is 11.5 Å². The van der Waals surface area contributed by atoms with Crippen molar-refractivity contribution in [3.63, 3.8) is 0 Å². The number of carbonyl (C=O) groups is 1. The zero-order valence-electron chi connectivity index (χ0n) is 18.6. The molecule has 1 aliphatic rings. The summed E-state index contributed by atoms with van der Waals surface area (Å²) in [5.41, 5.74) is 1.81. The van der Waals surface area contributed by atoms with Gasteiger partial charge in [0.05, 0.1) is 16.8 Å². The molecule has 5 rings (SSSR count). The van der Waals surface area contributed by atoms with E-state index < -0.39 is 0 Å². The lowest BCUT2D eigenvalue weighted by Crippen LogP contribution is -2.14. The van der Waals surface area contributed by atoms with Crippen molar-refractivity contribution in [3.8, 4) is 11.5 Å². The van der Waals surface area contributed by atoms with E-state index in [1.54, 1.807) is 23.1 Å². The molecule has 0 atom stereocenters. The molecule has 34 heavy (non-hydrogen) atoms. The molecule has 0 saturated carbocycles. The first-order valence-electron chi connectivity index (χ1n) is 11.4. The van der Waals surface area contributed by atoms with Gasteiger partial charge in [0, 0.05) is 17.1 Å². The van der Waals surface area contributed by atoms with Gasteiger partial charge in [-0.15, -0.1) is 11.3 Å². The number of aromatic nitrogens is 2. The van der Waals surface area contributed by atoms with Crippen LogP contribution in [0.3, 0.4) is 0 Å². The van der Waals surface area contributed by atoms with Crippen molar-refractivity contribution in [1.29, 1.82) is 0 Å². The van der Waals surface area contributed by atoms with Gasteiger partial charge in [-0.1, -0.05) is 30.3 Å². The molecule has 2 aromatic carbocycles. The van der Waals surface area contributed by atoms with Gasteiger partial charge in [0.1, 0.15) is 16.4 Å². The number of thiophene rings is 1. The molecule has 1 amide bonds. The van der Waals surface area contributed by atoms with E-state index in [2.05, 4.69) is 10.3 Å². The molecule has 0 radical (unpaired) electrons. The summed E-state index contributed by atoms with van der Waals surface area (Å²) < 4.78 is 5.91. The highest BCUT2D eigenvalue weighted by Crippen LogP contribution is 2.34. The third-order valence-corrected chi connectivity index (χ3v) is 7.87. The Morgan fingerprint density at radius 3 is 2.76 bits per heavy atom. The smallest absolute Gasteiger partial charge is 0.259 e. The maximum atomic E-state index is 12.7. The number of para-hydroxylation sites is 3. The summed E-state index contributed by atoms with van der Waals surface area (Å²) in [4.78, 5) is 35.0. The van der Waals surface area contributed by atoms with Crippen LogP contribution in [0.4, 0.5) is 5.69 Å². The summed E-state index contributed by atoms with van der Waals surface area (Å²) >= 11 is 3.24. The van der Waals surface area contributed by atoms with Gasteiger partial charge in [0.25, 0.3) is 5.56 Å². The van der Waals surface area contributed by atoms with Crippen LogP contribution in [0.2, 0.25) is 0 Å². The van der Waals surface area contributed by atoms with E-state index in [1.165, 1.54) is 16.9 Å². The lowest BCUT2D eigenvalue weighted by molar-refractivity contribution is -0.115. The van der Waals surface area contributed by atoms with Crippen LogP contribution >= 0.6 is 23.1 Å². The number of fused-ring (bicyclic) bond motifs is 3. The molecule has 8 heteroatoms. The molecule has 2 heterocycles. The number of hydrogen-bond acceptors (Lipinski definition) is 6. The number of nitrogens with one attached hydrogen (secondary N) is 2. The average Bonchev–Trinajstić information content (AvgIpc) is 3.23. The molecule has 6 nitrogen and oxygen atoms in total. The van der Waals surface area contributed by atoms with E-state index in [9.17, 15) is 9.59 Å². The van der Waals surface area contributed by atoms with E-state index in [1.807, 2.05) is 54.6 Å². The Hall–Kier alpha value is -3.10. The fourth-order valence-corrected chi connectivity index (χ4v) is 6.18. The van der Waals surface area contributed by atoms with E-state index in [4.69, 9.17) is 9.72 Å². The Morgan fingerprint density at radius 2 is 1.88 bits per heavy atom. The van der Waals surface area contributed by atoms with Gasteiger partial charge in [0.2, 0.25) is 5.91 Å². The van der Waals surface area contributed by atoms with Crippen molar-refractivity contribution < 1.29 is 9.53 Å². The Bertz CT molecular complexity index is 1360. The van der Waals surface area contributed by atoms with E-state index >= 15 is 0 Å². The number of hydrogen-bond donors (Lipinski definition) is 2. The molecule has 2 aromatic heterocycles. The first-order valence-corrected chi connectivity index (χ1v) is 13.4. The third kappa shape index (κ3) is 5.18. The highest BCUT2D eigenvalue weighted by Gasteiger charge is 2.19. The predicted octanol–water partition coefficient (Wildman–Crippen LogP) is 5.92. The van der Waals surface area contributed by atoms with Crippen LogP contribution in [0.5, 0.6) is 11.5 Å². The fourth-order valence-electron chi connectivity index (χ4n) is 4.10. The third-order valence-electron chi connectivity index (χ3n) is 5.72. The second-order valence-corrected chi connectivity index (χ2v) is 10.4. The molecule has 0 spiro atoms. The van der Waals surface area contributed by atoms with Gasteiger partial charge < -0.3 is 15.0 Å². The van der Waals surface area contributed by atoms with Gasteiger partial charge in [-0.3, -0.25) is 9.59 Å². The maximum absolute atomic E-state index is 12.7. The van der Waals surface area contributed by atoms with Crippen LogP contribution in [-0.4, -0.2) is 21.6 Å². The number of rotatable bonds is 8.